The Morgan fingerprint density at radius 3 is 2.21 bits per heavy atom. The summed E-state index contributed by atoms with van der Waals surface area (Å²) in [4.78, 5) is 8.32. The lowest BCUT2D eigenvalue weighted by Crippen LogP contribution is -2.14. The third kappa shape index (κ3) is 5.53. The van der Waals surface area contributed by atoms with E-state index >= 15 is 0 Å². The molecule has 0 radical (unpaired) electrons. The summed E-state index contributed by atoms with van der Waals surface area (Å²) < 4.78 is 11.5. The molecule has 0 unspecified atom stereocenters. The molecule has 0 aromatic carbocycles. The summed E-state index contributed by atoms with van der Waals surface area (Å²) in [5.74, 6) is 1.09. The third-order valence-electron chi connectivity index (χ3n) is 2.76. The molecule has 0 atom stereocenters. The molecule has 108 valence electrons. The van der Waals surface area contributed by atoms with Crippen LogP contribution >= 0.6 is 0 Å². The molecule has 0 aliphatic rings. The fourth-order valence-electron chi connectivity index (χ4n) is 1.58. The number of nitrogens with zero attached hydrogens (tertiary/aromatic N) is 2. The van der Waals surface area contributed by atoms with Crippen molar-refractivity contribution >= 4 is 5.82 Å². The Morgan fingerprint density at radius 1 is 1.16 bits per heavy atom. The summed E-state index contributed by atoms with van der Waals surface area (Å²) in [6.45, 7) is 7.37. The van der Waals surface area contributed by atoms with Gasteiger partial charge < -0.3 is 15.2 Å². The SMILES string of the molecule is CCCCOC(OCCCC)c1cnc(C)nc1N. The first-order valence-corrected chi connectivity index (χ1v) is 7.01. The molecular formula is C14H25N3O2. The largest absolute Gasteiger partial charge is 0.383 e. The van der Waals surface area contributed by atoms with E-state index in [0.29, 0.717) is 24.9 Å². The van der Waals surface area contributed by atoms with Crippen molar-refractivity contribution in [3.05, 3.63) is 17.6 Å². The van der Waals surface area contributed by atoms with E-state index in [4.69, 9.17) is 15.2 Å². The highest BCUT2D eigenvalue weighted by molar-refractivity contribution is 5.38. The summed E-state index contributed by atoms with van der Waals surface area (Å²) in [5.41, 5.74) is 6.64. The highest BCUT2D eigenvalue weighted by Crippen LogP contribution is 2.23. The Bertz CT molecular complexity index is 362. The zero-order valence-corrected chi connectivity index (χ0v) is 12.2. The van der Waals surface area contributed by atoms with Crippen LogP contribution in [0.1, 0.15) is 57.2 Å². The van der Waals surface area contributed by atoms with Crippen LogP contribution in [0.3, 0.4) is 0 Å². The van der Waals surface area contributed by atoms with Crippen LogP contribution in [0, 0.1) is 6.92 Å². The highest BCUT2D eigenvalue weighted by atomic mass is 16.7. The Kier molecular flexibility index (Phi) is 7.36. The maximum atomic E-state index is 5.92. The van der Waals surface area contributed by atoms with Gasteiger partial charge in [-0.05, 0) is 19.8 Å². The summed E-state index contributed by atoms with van der Waals surface area (Å²) in [6.07, 6.45) is 5.41. The molecule has 19 heavy (non-hydrogen) atoms. The second-order valence-corrected chi connectivity index (χ2v) is 4.54. The minimum Gasteiger partial charge on any atom is -0.383 e. The molecule has 0 bridgehead atoms. The first-order chi connectivity index (χ1) is 9.19. The quantitative estimate of drug-likeness (QED) is 0.550. The number of aryl methyl sites for hydroxylation is 1. The van der Waals surface area contributed by atoms with Gasteiger partial charge in [-0.1, -0.05) is 26.7 Å². The standard InChI is InChI=1S/C14H25N3O2/c1-4-6-8-18-14(19-9-7-5-2)12-10-16-11(3)17-13(12)15/h10,14H,4-9H2,1-3H3,(H2,15,16,17). The minimum atomic E-state index is -0.460. The number of hydrogen-bond acceptors (Lipinski definition) is 5. The van der Waals surface area contributed by atoms with E-state index in [2.05, 4.69) is 23.8 Å². The first-order valence-electron chi connectivity index (χ1n) is 7.01. The van der Waals surface area contributed by atoms with Gasteiger partial charge in [0.2, 0.25) is 0 Å². The van der Waals surface area contributed by atoms with Crippen molar-refractivity contribution in [2.45, 2.75) is 52.7 Å². The van der Waals surface area contributed by atoms with Crippen LogP contribution in [0.2, 0.25) is 0 Å². The molecule has 5 heteroatoms. The van der Waals surface area contributed by atoms with Crippen molar-refractivity contribution in [3.63, 3.8) is 0 Å². The average molecular weight is 267 g/mol. The van der Waals surface area contributed by atoms with E-state index in [-0.39, 0.29) is 0 Å². The van der Waals surface area contributed by atoms with Crippen molar-refractivity contribution in [1.29, 1.82) is 0 Å². The van der Waals surface area contributed by atoms with Gasteiger partial charge in [-0.2, -0.15) is 0 Å². The monoisotopic (exact) mass is 267 g/mol. The van der Waals surface area contributed by atoms with Gasteiger partial charge in [0.05, 0.1) is 18.8 Å². The van der Waals surface area contributed by atoms with Gasteiger partial charge in [-0.15, -0.1) is 0 Å². The van der Waals surface area contributed by atoms with Crippen LogP contribution < -0.4 is 5.73 Å². The summed E-state index contributed by atoms with van der Waals surface area (Å²) in [7, 11) is 0. The lowest BCUT2D eigenvalue weighted by atomic mass is 10.3. The van der Waals surface area contributed by atoms with E-state index in [1.165, 1.54) is 0 Å². The van der Waals surface area contributed by atoms with Crippen LogP contribution in [0.15, 0.2) is 6.20 Å². The number of ether oxygens (including phenoxy) is 2. The number of hydrogen-bond donors (Lipinski definition) is 1. The van der Waals surface area contributed by atoms with Gasteiger partial charge in [0, 0.05) is 6.20 Å². The number of nitrogens with two attached hydrogens (primary N) is 1. The molecule has 0 spiro atoms. The number of aromatic nitrogens is 2. The Labute approximate surface area is 115 Å². The smallest absolute Gasteiger partial charge is 0.188 e. The van der Waals surface area contributed by atoms with E-state index in [9.17, 15) is 0 Å². The molecule has 0 aliphatic carbocycles. The van der Waals surface area contributed by atoms with Gasteiger partial charge in [0.15, 0.2) is 6.29 Å². The molecule has 1 aromatic heterocycles. The first kappa shape index (κ1) is 15.9. The highest BCUT2D eigenvalue weighted by Gasteiger charge is 2.17. The molecule has 2 N–H and O–H groups in total. The van der Waals surface area contributed by atoms with Gasteiger partial charge >= 0.3 is 0 Å². The molecule has 0 fully saturated rings. The molecule has 0 aliphatic heterocycles. The molecule has 1 heterocycles. The molecule has 0 saturated heterocycles. The molecule has 1 rings (SSSR count). The Morgan fingerprint density at radius 2 is 1.74 bits per heavy atom. The number of nitrogen functional groups attached to an aromatic ring is 1. The number of unbranched alkanes of at least 4 members (excludes halogenated alkanes) is 2. The zero-order valence-electron chi connectivity index (χ0n) is 12.2. The second kappa shape index (κ2) is 8.82. The molecule has 5 nitrogen and oxygen atoms in total. The molecule has 0 amide bonds. The summed E-state index contributed by atoms with van der Waals surface area (Å²) in [6, 6.07) is 0. The van der Waals surface area contributed by atoms with Crippen molar-refractivity contribution in [2.75, 3.05) is 18.9 Å². The van der Waals surface area contributed by atoms with Crippen molar-refractivity contribution < 1.29 is 9.47 Å². The van der Waals surface area contributed by atoms with Gasteiger partial charge in [-0.25, -0.2) is 9.97 Å². The van der Waals surface area contributed by atoms with Crippen LogP contribution in [0.5, 0.6) is 0 Å². The van der Waals surface area contributed by atoms with Crippen molar-refractivity contribution in [1.82, 2.24) is 9.97 Å². The summed E-state index contributed by atoms with van der Waals surface area (Å²) in [5, 5.41) is 0. The van der Waals surface area contributed by atoms with Gasteiger partial charge in [-0.3, -0.25) is 0 Å². The topological polar surface area (TPSA) is 70.3 Å². The van der Waals surface area contributed by atoms with Crippen molar-refractivity contribution in [2.24, 2.45) is 0 Å². The second-order valence-electron chi connectivity index (χ2n) is 4.54. The van der Waals surface area contributed by atoms with Gasteiger partial charge in [0.1, 0.15) is 11.6 Å². The van der Waals surface area contributed by atoms with E-state index in [0.717, 1.165) is 31.2 Å². The number of anilines is 1. The fraction of sp³-hybridized carbons (Fsp3) is 0.714. The fourth-order valence-corrected chi connectivity index (χ4v) is 1.58. The molecular weight excluding hydrogens is 242 g/mol. The molecule has 1 aromatic rings. The van der Waals surface area contributed by atoms with E-state index in [1.54, 1.807) is 6.20 Å². The maximum absolute atomic E-state index is 5.92. The molecule has 0 saturated carbocycles. The predicted molar refractivity (Wildman–Crippen MR) is 75.6 cm³/mol. The zero-order chi connectivity index (χ0) is 14.1. The Hall–Kier alpha value is -1.20. The van der Waals surface area contributed by atoms with E-state index in [1.807, 2.05) is 6.92 Å². The average Bonchev–Trinajstić information content (AvgIpc) is 2.38. The predicted octanol–water partition coefficient (Wildman–Crippen LogP) is 3.00. The van der Waals surface area contributed by atoms with Crippen molar-refractivity contribution in [3.8, 4) is 0 Å². The lowest BCUT2D eigenvalue weighted by Gasteiger charge is -2.19. The minimum absolute atomic E-state index is 0.436. The Balaban J connectivity index is 2.69. The van der Waals surface area contributed by atoms with Crippen LogP contribution in [0.25, 0.3) is 0 Å². The lowest BCUT2D eigenvalue weighted by molar-refractivity contribution is -0.147. The van der Waals surface area contributed by atoms with Crippen LogP contribution in [-0.4, -0.2) is 23.2 Å². The maximum Gasteiger partial charge on any atom is 0.188 e. The summed E-state index contributed by atoms with van der Waals surface area (Å²) >= 11 is 0. The van der Waals surface area contributed by atoms with Crippen LogP contribution in [0.4, 0.5) is 5.82 Å². The van der Waals surface area contributed by atoms with Crippen LogP contribution in [-0.2, 0) is 9.47 Å². The van der Waals surface area contributed by atoms with E-state index < -0.39 is 6.29 Å². The van der Waals surface area contributed by atoms with Gasteiger partial charge in [0.25, 0.3) is 0 Å². The third-order valence-corrected chi connectivity index (χ3v) is 2.76. The number of rotatable bonds is 9. The normalized spacial score (nSPS) is 11.2.